The van der Waals surface area contributed by atoms with Crippen LogP contribution in [0.2, 0.25) is 0 Å². The molecular formula is C16H17BrN2O. The van der Waals surface area contributed by atoms with E-state index in [4.69, 9.17) is 4.74 Å². The molecule has 0 radical (unpaired) electrons. The molecule has 0 spiro atoms. The molecule has 0 aliphatic carbocycles. The number of hydrogen-bond acceptors (Lipinski definition) is 3. The number of fused-ring (bicyclic) bond motifs is 1. The molecule has 0 fully saturated rings. The van der Waals surface area contributed by atoms with E-state index < -0.39 is 0 Å². The summed E-state index contributed by atoms with van der Waals surface area (Å²) in [5, 5.41) is 3.68. The molecule has 1 aromatic heterocycles. The Kier molecular flexibility index (Phi) is 4.03. The van der Waals surface area contributed by atoms with Gasteiger partial charge in [0.25, 0.3) is 0 Å². The molecule has 2 aromatic rings. The summed E-state index contributed by atoms with van der Waals surface area (Å²) in [6.45, 7) is 2.93. The molecule has 104 valence electrons. The molecule has 0 amide bonds. The zero-order valence-corrected chi connectivity index (χ0v) is 12.9. The molecule has 4 heteroatoms. The van der Waals surface area contributed by atoms with Gasteiger partial charge in [-0.2, -0.15) is 0 Å². The van der Waals surface area contributed by atoms with E-state index in [0.717, 1.165) is 23.2 Å². The van der Waals surface area contributed by atoms with Crippen molar-refractivity contribution in [1.29, 1.82) is 0 Å². The van der Waals surface area contributed by atoms with E-state index in [2.05, 4.69) is 45.3 Å². The van der Waals surface area contributed by atoms with E-state index in [0.29, 0.717) is 6.04 Å². The van der Waals surface area contributed by atoms with Gasteiger partial charge in [-0.3, -0.25) is 4.98 Å². The lowest BCUT2D eigenvalue weighted by Gasteiger charge is -2.29. The van der Waals surface area contributed by atoms with Crippen LogP contribution in [0.3, 0.4) is 0 Å². The van der Waals surface area contributed by atoms with Crippen molar-refractivity contribution in [3.63, 3.8) is 0 Å². The van der Waals surface area contributed by atoms with Crippen molar-refractivity contribution in [1.82, 2.24) is 10.3 Å². The summed E-state index contributed by atoms with van der Waals surface area (Å²) in [5.41, 5.74) is 2.43. The summed E-state index contributed by atoms with van der Waals surface area (Å²) in [6.07, 6.45) is 4.70. The van der Waals surface area contributed by atoms with Crippen LogP contribution in [0.15, 0.2) is 47.2 Å². The quantitative estimate of drug-likeness (QED) is 0.921. The Morgan fingerprint density at radius 2 is 2.30 bits per heavy atom. The molecule has 1 aliphatic rings. The molecule has 1 aliphatic heterocycles. The van der Waals surface area contributed by atoms with Crippen molar-refractivity contribution in [2.45, 2.75) is 25.4 Å². The Labute approximate surface area is 127 Å². The maximum absolute atomic E-state index is 5.72. The highest BCUT2D eigenvalue weighted by molar-refractivity contribution is 9.10. The standard InChI is InChI=1S/C16H17BrN2O/c1-11(12-3-2-7-18-10-12)19-15-6-8-20-16-5-4-13(17)9-14(15)16/h2-5,7,9-11,15,19H,6,8H2,1H3/t11-,15?/m1/s1. The third kappa shape index (κ3) is 2.86. The van der Waals surface area contributed by atoms with E-state index in [1.165, 1.54) is 11.1 Å². The summed E-state index contributed by atoms with van der Waals surface area (Å²) < 4.78 is 6.81. The highest BCUT2D eigenvalue weighted by atomic mass is 79.9. The Morgan fingerprint density at radius 3 is 3.10 bits per heavy atom. The summed E-state index contributed by atoms with van der Waals surface area (Å²) in [6, 6.07) is 10.8. The Morgan fingerprint density at radius 1 is 1.40 bits per heavy atom. The number of rotatable bonds is 3. The highest BCUT2D eigenvalue weighted by Gasteiger charge is 2.23. The van der Waals surface area contributed by atoms with Gasteiger partial charge < -0.3 is 10.1 Å². The monoisotopic (exact) mass is 332 g/mol. The summed E-state index contributed by atoms with van der Waals surface area (Å²) in [4.78, 5) is 4.19. The van der Waals surface area contributed by atoms with Crippen molar-refractivity contribution in [2.24, 2.45) is 0 Å². The average molecular weight is 333 g/mol. The van der Waals surface area contributed by atoms with Crippen molar-refractivity contribution < 1.29 is 4.74 Å². The number of halogens is 1. The SMILES string of the molecule is C[C@@H](NC1CCOc2ccc(Br)cc21)c1cccnc1. The molecule has 1 N–H and O–H groups in total. The van der Waals surface area contributed by atoms with Gasteiger partial charge >= 0.3 is 0 Å². The largest absolute Gasteiger partial charge is 0.493 e. The van der Waals surface area contributed by atoms with E-state index in [9.17, 15) is 0 Å². The smallest absolute Gasteiger partial charge is 0.124 e. The molecule has 1 aromatic carbocycles. The Balaban J connectivity index is 1.81. The average Bonchev–Trinajstić information content (AvgIpc) is 2.49. The second-order valence-electron chi connectivity index (χ2n) is 5.05. The first kappa shape index (κ1) is 13.6. The molecule has 0 saturated heterocycles. The van der Waals surface area contributed by atoms with Crippen LogP contribution in [0.4, 0.5) is 0 Å². The molecule has 1 unspecified atom stereocenters. The third-order valence-electron chi connectivity index (χ3n) is 3.65. The molecular weight excluding hydrogens is 316 g/mol. The molecule has 20 heavy (non-hydrogen) atoms. The predicted octanol–water partition coefficient (Wildman–Crippen LogP) is 4.02. The fraction of sp³-hybridized carbons (Fsp3) is 0.312. The van der Waals surface area contributed by atoms with Crippen LogP contribution in [-0.4, -0.2) is 11.6 Å². The summed E-state index contributed by atoms with van der Waals surface area (Å²) >= 11 is 3.54. The lowest BCUT2D eigenvalue weighted by molar-refractivity contribution is 0.246. The van der Waals surface area contributed by atoms with Gasteiger partial charge in [0.05, 0.1) is 6.61 Å². The minimum atomic E-state index is 0.263. The van der Waals surface area contributed by atoms with E-state index in [-0.39, 0.29) is 6.04 Å². The van der Waals surface area contributed by atoms with Gasteiger partial charge in [-0.1, -0.05) is 22.0 Å². The number of aromatic nitrogens is 1. The maximum Gasteiger partial charge on any atom is 0.124 e. The first-order chi connectivity index (χ1) is 9.74. The van der Waals surface area contributed by atoms with Gasteiger partial charge in [-0.15, -0.1) is 0 Å². The lowest BCUT2D eigenvalue weighted by Crippen LogP contribution is -2.29. The van der Waals surface area contributed by atoms with Crippen LogP contribution >= 0.6 is 15.9 Å². The maximum atomic E-state index is 5.72. The molecule has 3 rings (SSSR count). The van der Waals surface area contributed by atoms with Crippen LogP contribution in [-0.2, 0) is 0 Å². The number of hydrogen-bond donors (Lipinski definition) is 1. The Hall–Kier alpha value is -1.39. The molecule has 3 nitrogen and oxygen atoms in total. The van der Waals surface area contributed by atoms with Crippen LogP contribution in [0.1, 0.15) is 36.6 Å². The molecule has 0 saturated carbocycles. The van der Waals surface area contributed by atoms with E-state index in [1.807, 2.05) is 24.4 Å². The number of ether oxygens (including phenoxy) is 1. The van der Waals surface area contributed by atoms with Crippen LogP contribution in [0, 0.1) is 0 Å². The zero-order chi connectivity index (χ0) is 13.9. The van der Waals surface area contributed by atoms with Gasteiger partial charge in [0.1, 0.15) is 5.75 Å². The van der Waals surface area contributed by atoms with E-state index in [1.54, 1.807) is 6.20 Å². The zero-order valence-electron chi connectivity index (χ0n) is 11.3. The minimum Gasteiger partial charge on any atom is -0.493 e. The second kappa shape index (κ2) is 5.94. The van der Waals surface area contributed by atoms with E-state index >= 15 is 0 Å². The fourth-order valence-corrected chi connectivity index (χ4v) is 2.95. The lowest BCUT2D eigenvalue weighted by atomic mass is 9.99. The minimum absolute atomic E-state index is 0.263. The van der Waals surface area contributed by atoms with Crippen molar-refractivity contribution in [3.8, 4) is 5.75 Å². The Bertz CT molecular complexity index is 588. The number of nitrogens with one attached hydrogen (secondary N) is 1. The molecule has 0 bridgehead atoms. The van der Waals surface area contributed by atoms with Crippen molar-refractivity contribution >= 4 is 15.9 Å². The topological polar surface area (TPSA) is 34.1 Å². The second-order valence-corrected chi connectivity index (χ2v) is 5.96. The van der Waals surface area contributed by atoms with Gasteiger partial charge in [0.2, 0.25) is 0 Å². The summed E-state index contributed by atoms with van der Waals surface area (Å²) in [7, 11) is 0. The highest BCUT2D eigenvalue weighted by Crippen LogP contribution is 2.35. The number of pyridine rings is 1. The van der Waals surface area contributed by atoms with Crippen LogP contribution in [0.5, 0.6) is 5.75 Å². The third-order valence-corrected chi connectivity index (χ3v) is 4.14. The van der Waals surface area contributed by atoms with Crippen LogP contribution < -0.4 is 10.1 Å². The van der Waals surface area contributed by atoms with Crippen molar-refractivity contribution in [2.75, 3.05) is 6.61 Å². The summed E-state index contributed by atoms with van der Waals surface area (Å²) in [5.74, 6) is 0.982. The first-order valence-corrected chi connectivity index (χ1v) is 7.61. The van der Waals surface area contributed by atoms with Gasteiger partial charge in [0, 0.05) is 40.9 Å². The number of benzene rings is 1. The predicted molar refractivity (Wildman–Crippen MR) is 82.8 cm³/mol. The van der Waals surface area contributed by atoms with Crippen LogP contribution in [0.25, 0.3) is 0 Å². The van der Waals surface area contributed by atoms with Gasteiger partial charge in [0.15, 0.2) is 0 Å². The van der Waals surface area contributed by atoms with Gasteiger partial charge in [-0.05, 0) is 36.8 Å². The molecule has 2 atom stereocenters. The van der Waals surface area contributed by atoms with Gasteiger partial charge in [-0.25, -0.2) is 0 Å². The first-order valence-electron chi connectivity index (χ1n) is 6.82. The number of nitrogens with zero attached hydrogens (tertiary/aromatic N) is 1. The van der Waals surface area contributed by atoms with Crippen molar-refractivity contribution in [3.05, 3.63) is 58.3 Å². The molecule has 2 heterocycles. The fourth-order valence-electron chi connectivity index (χ4n) is 2.57. The normalized spacial score (nSPS) is 19.0.